The maximum atomic E-state index is 13.4. The summed E-state index contributed by atoms with van der Waals surface area (Å²) in [5.74, 6) is -3.72. The number of carbonyl (C=O) groups excluding carboxylic acids is 4. The summed E-state index contributed by atoms with van der Waals surface area (Å²) in [6, 6.07) is 19.7. The van der Waals surface area contributed by atoms with Crippen molar-refractivity contribution in [2.75, 3.05) is 39.3 Å². The number of sulfonamides is 2. The number of benzene rings is 4. The number of amides is 4. The predicted molar refractivity (Wildman–Crippen MR) is 251 cm³/mol. The van der Waals surface area contributed by atoms with E-state index < -0.39 is 80.2 Å². The van der Waals surface area contributed by atoms with Crippen LogP contribution in [-0.4, -0.2) is 145 Å². The monoisotopic (exact) mass is 1000 g/mol. The smallest absolute Gasteiger partial charge is 0.415 e. The molecule has 0 aliphatic carbocycles. The van der Waals surface area contributed by atoms with Gasteiger partial charge in [-0.05, 0) is 99.2 Å². The van der Waals surface area contributed by atoms with E-state index in [1.165, 1.54) is 58.3 Å². The zero-order valence-electron chi connectivity index (χ0n) is 38.4. The molecule has 3 heterocycles. The van der Waals surface area contributed by atoms with Gasteiger partial charge in [0.2, 0.25) is 31.9 Å². The van der Waals surface area contributed by atoms with Crippen LogP contribution in [0.4, 0.5) is 9.59 Å². The SMILES string of the molecule is Cc1ccc(S(=O)(=O)N2CCC[C@@H]2C(=O)N[C@@H](Cc2ccc(OC(=O)N3CCN(C(=O)Oc4ccc(C[C@H](NC(=O)[C@H]5CCCN5S(=O)(=O)c5ccc(C)cc5)C(=O)O)cc4)CC3)cc2)C(=O)O)cc1. The summed E-state index contributed by atoms with van der Waals surface area (Å²) in [5, 5.41) is 24.9. The molecule has 3 fully saturated rings. The van der Waals surface area contributed by atoms with E-state index >= 15 is 0 Å². The van der Waals surface area contributed by atoms with Crippen molar-refractivity contribution >= 4 is 56.0 Å². The minimum absolute atomic E-state index is 0.0443. The lowest BCUT2D eigenvalue weighted by Crippen LogP contribution is -2.52. The summed E-state index contributed by atoms with van der Waals surface area (Å²) in [6.07, 6.45) is -0.291. The lowest BCUT2D eigenvalue weighted by atomic mass is 10.1. The molecule has 3 aliphatic rings. The Bertz CT molecular complexity index is 2610. The fourth-order valence-corrected chi connectivity index (χ4v) is 11.8. The van der Waals surface area contributed by atoms with E-state index in [0.29, 0.717) is 24.0 Å². The minimum Gasteiger partial charge on any atom is -0.480 e. The number of aryl methyl sites for hydroxylation is 2. The van der Waals surface area contributed by atoms with E-state index in [9.17, 15) is 55.8 Å². The Labute approximate surface area is 405 Å². The van der Waals surface area contributed by atoms with Crippen molar-refractivity contribution in [3.63, 3.8) is 0 Å². The number of hydrogen-bond acceptors (Lipinski definition) is 12. The lowest BCUT2D eigenvalue weighted by Gasteiger charge is -2.33. The van der Waals surface area contributed by atoms with Crippen LogP contribution in [0.2, 0.25) is 0 Å². The topological polar surface area (TPSA) is 267 Å². The number of nitrogens with one attached hydrogen (secondary N) is 2. The normalized spacial score (nSPS) is 18.7. The Morgan fingerprint density at radius 3 is 1.17 bits per heavy atom. The van der Waals surface area contributed by atoms with Gasteiger partial charge in [-0.3, -0.25) is 9.59 Å². The van der Waals surface area contributed by atoms with Gasteiger partial charge in [-0.25, -0.2) is 36.0 Å². The molecule has 20 nitrogen and oxygen atoms in total. The highest BCUT2D eigenvalue weighted by Gasteiger charge is 2.42. The van der Waals surface area contributed by atoms with Gasteiger partial charge >= 0.3 is 24.1 Å². The first kappa shape index (κ1) is 51.0. The Kier molecular flexibility index (Phi) is 15.9. The summed E-state index contributed by atoms with van der Waals surface area (Å²) in [6.45, 7) is 4.37. The van der Waals surface area contributed by atoms with E-state index in [4.69, 9.17) is 9.47 Å². The van der Waals surface area contributed by atoms with Crippen LogP contribution in [0.1, 0.15) is 47.9 Å². The standard InChI is InChI=1S/C48H54N6O14S2/c1-31-7-19-37(20-8-31)69(63,64)53-23-3-5-41(53)43(55)49-39(45(57)58)29-33-11-15-35(16-12-33)67-47(61)51-25-27-52(28-26-51)48(62)68-36-17-13-34(14-18-36)30-40(46(59)60)50-44(56)42-6-4-24-54(42)70(65,66)38-21-9-32(2)10-22-38/h7-22,39-42H,3-6,23-30H2,1-2H3,(H,49,55)(H,50,56)(H,57,58)(H,59,60)/t39-,40-,41+,42+/m0/s1. The maximum absolute atomic E-state index is 13.4. The van der Waals surface area contributed by atoms with Crippen molar-refractivity contribution in [2.45, 2.75) is 86.3 Å². The Morgan fingerprint density at radius 1 is 0.529 bits per heavy atom. The second kappa shape index (κ2) is 21.8. The molecular weight excluding hydrogens is 949 g/mol. The van der Waals surface area contributed by atoms with Crippen LogP contribution in [0, 0.1) is 13.8 Å². The first-order chi connectivity index (χ1) is 33.3. The van der Waals surface area contributed by atoms with Crippen molar-refractivity contribution in [3.8, 4) is 11.5 Å². The molecule has 0 radical (unpaired) electrons. The maximum Gasteiger partial charge on any atom is 0.415 e. The van der Waals surface area contributed by atoms with Gasteiger partial charge in [-0.2, -0.15) is 8.61 Å². The van der Waals surface area contributed by atoms with Crippen molar-refractivity contribution in [1.29, 1.82) is 0 Å². The van der Waals surface area contributed by atoms with Crippen LogP contribution in [0.3, 0.4) is 0 Å². The third kappa shape index (κ3) is 12.1. The second-order valence-corrected chi connectivity index (χ2v) is 21.2. The van der Waals surface area contributed by atoms with Crippen molar-refractivity contribution in [3.05, 3.63) is 119 Å². The first-order valence-electron chi connectivity index (χ1n) is 22.6. The summed E-state index contributed by atoms with van der Waals surface area (Å²) < 4.78 is 66.7. The fraction of sp³-hybridized carbons (Fsp3) is 0.375. The second-order valence-electron chi connectivity index (χ2n) is 17.4. The van der Waals surface area contributed by atoms with Gasteiger partial charge in [0.05, 0.1) is 9.79 Å². The van der Waals surface area contributed by atoms with Gasteiger partial charge in [-0.15, -0.1) is 0 Å². The zero-order valence-corrected chi connectivity index (χ0v) is 40.1. The molecule has 4 atom stereocenters. The Hall–Kier alpha value is -6.88. The number of rotatable bonds is 16. The molecule has 7 rings (SSSR count). The molecule has 0 spiro atoms. The number of hydrogen-bond donors (Lipinski definition) is 4. The number of nitrogens with zero attached hydrogens (tertiary/aromatic N) is 4. The molecule has 4 N–H and O–H groups in total. The molecule has 4 aromatic rings. The number of ether oxygens (including phenoxy) is 2. The Morgan fingerprint density at radius 2 is 0.857 bits per heavy atom. The van der Waals surface area contributed by atoms with Gasteiger partial charge in [0, 0.05) is 52.1 Å². The number of carboxylic acids is 2. The summed E-state index contributed by atoms with van der Waals surface area (Å²) in [4.78, 5) is 80.1. The summed E-state index contributed by atoms with van der Waals surface area (Å²) in [5.41, 5.74) is 2.75. The highest BCUT2D eigenvalue weighted by atomic mass is 32.2. The number of piperazine rings is 1. The highest BCUT2D eigenvalue weighted by molar-refractivity contribution is 7.89. The molecule has 0 aromatic heterocycles. The lowest BCUT2D eigenvalue weighted by molar-refractivity contribution is -0.142. The molecule has 0 unspecified atom stereocenters. The summed E-state index contributed by atoms with van der Waals surface area (Å²) in [7, 11) is -8.00. The van der Waals surface area contributed by atoms with E-state index in [1.807, 2.05) is 13.8 Å². The number of aliphatic carboxylic acids is 2. The quantitative estimate of drug-likeness (QED) is 0.125. The van der Waals surface area contributed by atoms with Gasteiger partial charge in [0.15, 0.2) is 0 Å². The first-order valence-corrected chi connectivity index (χ1v) is 25.5. The average Bonchev–Trinajstić information content (AvgIpc) is 4.05. The largest absolute Gasteiger partial charge is 0.480 e. The third-order valence-corrected chi connectivity index (χ3v) is 16.3. The average molecular weight is 1000 g/mol. The van der Waals surface area contributed by atoms with Crippen LogP contribution in [-0.2, 0) is 52.1 Å². The number of carboxylic acid groups (broad SMARTS) is 2. The van der Waals surface area contributed by atoms with E-state index in [-0.39, 0.29) is 86.2 Å². The van der Waals surface area contributed by atoms with Crippen LogP contribution in [0.25, 0.3) is 0 Å². The number of carbonyl (C=O) groups is 6. The molecule has 4 amide bonds. The van der Waals surface area contributed by atoms with Crippen LogP contribution < -0.4 is 20.1 Å². The molecule has 3 saturated heterocycles. The van der Waals surface area contributed by atoms with E-state index in [1.54, 1.807) is 48.5 Å². The van der Waals surface area contributed by atoms with Crippen LogP contribution in [0.15, 0.2) is 107 Å². The molecule has 22 heteroatoms. The molecule has 70 heavy (non-hydrogen) atoms. The molecular formula is C48H54N6O14S2. The van der Waals surface area contributed by atoms with Crippen molar-refractivity contribution < 1.29 is 65.3 Å². The molecule has 4 aromatic carbocycles. The third-order valence-electron chi connectivity index (χ3n) is 12.4. The van der Waals surface area contributed by atoms with E-state index in [2.05, 4.69) is 10.6 Å². The molecule has 0 bridgehead atoms. The van der Waals surface area contributed by atoms with Gasteiger partial charge < -0.3 is 40.1 Å². The summed E-state index contributed by atoms with van der Waals surface area (Å²) >= 11 is 0. The molecule has 3 aliphatic heterocycles. The fourth-order valence-electron chi connectivity index (χ4n) is 8.47. The predicted octanol–water partition coefficient (Wildman–Crippen LogP) is 3.55. The minimum atomic E-state index is -4.00. The highest BCUT2D eigenvalue weighted by Crippen LogP contribution is 2.29. The van der Waals surface area contributed by atoms with Crippen molar-refractivity contribution in [2.24, 2.45) is 0 Å². The Balaban J connectivity index is 0.848. The van der Waals surface area contributed by atoms with Gasteiger partial charge in [0.25, 0.3) is 0 Å². The van der Waals surface area contributed by atoms with E-state index in [0.717, 1.165) is 19.7 Å². The van der Waals surface area contributed by atoms with Gasteiger partial charge in [0.1, 0.15) is 35.7 Å². The zero-order chi connectivity index (χ0) is 50.3. The van der Waals surface area contributed by atoms with Crippen molar-refractivity contribution in [1.82, 2.24) is 29.0 Å². The molecule has 0 saturated carbocycles. The van der Waals surface area contributed by atoms with Crippen LogP contribution in [0.5, 0.6) is 11.5 Å². The van der Waals surface area contributed by atoms with Gasteiger partial charge in [-0.1, -0.05) is 59.7 Å². The van der Waals surface area contributed by atoms with Crippen LogP contribution >= 0.6 is 0 Å². The molecule has 372 valence electrons.